The summed E-state index contributed by atoms with van der Waals surface area (Å²) in [6, 6.07) is 0. The van der Waals surface area contributed by atoms with Gasteiger partial charge in [0.1, 0.15) is 13.8 Å². The zero-order chi connectivity index (χ0) is 12.9. The molecule has 4 nitrogen and oxygen atoms in total. The number of hydrazone groups is 1. The minimum absolute atomic E-state index is 0.251. The lowest BCUT2D eigenvalue weighted by Gasteiger charge is -2.03. The monoisotopic (exact) mass is 250 g/mol. The second-order valence-corrected chi connectivity index (χ2v) is 9.28. The fourth-order valence-corrected chi connectivity index (χ4v) is 1.37. The third-order valence-corrected chi connectivity index (χ3v) is 2.44. The lowest BCUT2D eigenvalue weighted by Crippen LogP contribution is -2.16. The molecule has 6 heteroatoms. The van der Waals surface area contributed by atoms with Crippen molar-refractivity contribution >= 4 is 19.7 Å². The molecule has 0 amide bonds. The molecule has 0 aromatic carbocycles. The molecule has 0 fully saturated rings. The van der Waals surface area contributed by atoms with Gasteiger partial charge in [0.15, 0.2) is 5.82 Å². The molecule has 0 saturated carbocycles. The molecule has 0 atom stereocenters. The SMILES string of the molecule is CC(C#C[Si](C)(C)C)=NNc1ncc(F)cn1. The molecule has 1 N–H and O–H groups in total. The Morgan fingerprint density at radius 1 is 1.35 bits per heavy atom. The summed E-state index contributed by atoms with van der Waals surface area (Å²) in [6.07, 6.45) is 2.15. The molecule has 0 unspecified atom stereocenters. The summed E-state index contributed by atoms with van der Waals surface area (Å²) in [5, 5.41) is 3.99. The molecule has 0 radical (unpaired) electrons. The summed E-state index contributed by atoms with van der Waals surface area (Å²) < 4.78 is 12.5. The molecule has 0 spiro atoms. The van der Waals surface area contributed by atoms with Crippen LogP contribution in [0, 0.1) is 17.3 Å². The Labute approximate surface area is 101 Å². The summed E-state index contributed by atoms with van der Waals surface area (Å²) in [4.78, 5) is 7.43. The van der Waals surface area contributed by atoms with Crippen molar-refractivity contribution < 1.29 is 4.39 Å². The largest absolute Gasteiger partial charge is 0.244 e. The van der Waals surface area contributed by atoms with E-state index in [4.69, 9.17) is 0 Å². The Morgan fingerprint density at radius 3 is 2.47 bits per heavy atom. The van der Waals surface area contributed by atoms with Crippen LogP contribution in [-0.4, -0.2) is 23.8 Å². The summed E-state index contributed by atoms with van der Waals surface area (Å²) in [6.45, 7) is 8.26. The van der Waals surface area contributed by atoms with E-state index < -0.39 is 13.9 Å². The average molecular weight is 250 g/mol. The second kappa shape index (κ2) is 5.55. The quantitative estimate of drug-likeness (QED) is 0.379. The van der Waals surface area contributed by atoms with Crippen molar-refractivity contribution in [2.24, 2.45) is 5.10 Å². The number of halogens is 1. The molecular formula is C11H15FN4Si. The maximum Gasteiger partial charge on any atom is 0.243 e. The van der Waals surface area contributed by atoms with Crippen LogP contribution in [-0.2, 0) is 0 Å². The van der Waals surface area contributed by atoms with E-state index in [1.54, 1.807) is 6.92 Å². The van der Waals surface area contributed by atoms with Gasteiger partial charge in [-0.3, -0.25) is 0 Å². The van der Waals surface area contributed by atoms with Gasteiger partial charge in [-0.2, -0.15) is 5.10 Å². The smallest absolute Gasteiger partial charge is 0.243 e. The van der Waals surface area contributed by atoms with Gasteiger partial charge in [0.25, 0.3) is 0 Å². The highest BCUT2D eigenvalue weighted by Crippen LogP contribution is 1.98. The fraction of sp³-hybridized carbons (Fsp3) is 0.364. The zero-order valence-corrected chi connectivity index (χ0v) is 11.4. The first-order chi connectivity index (χ1) is 7.87. The van der Waals surface area contributed by atoms with E-state index in [0.717, 1.165) is 12.4 Å². The summed E-state index contributed by atoms with van der Waals surface area (Å²) >= 11 is 0. The van der Waals surface area contributed by atoms with Crippen LogP contribution in [0.15, 0.2) is 17.5 Å². The van der Waals surface area contributed by atoms with Crippen LogP contribution in [0.2, 0.25) is 19.6 Å². The van der Waals surface area contributed by atoms with Crippen LogP contribution >= 0.6 is 0 Å². The van der Waals surface area contributed by atoms with E-state index in [1.807, 2.05) is 0 Å². The van der Waals surface area contributed by atoms with Crippen molar-refractivity contribution in [3.8, 4) is 11.5 Å². The van der Waals surface area contributed by atoms with Gasteiger partial charge in [-0.25, -0.2) is 19.8 Å². The van der Waals surface area contributed by atoms with Crippen molar-refractivity contribution in [1.29, 1.82) is 0 Å². The van der Waals surface area contributed by atoms with Crippen LogP contribution in [0.4, 0.5) is 10.3 Å². The topological polar surface area (TPSA) is 50.2 Å². The molecule has 0 saturated heterocycles. The third kappa shape index (κ3) is 5.78. The molecule has 1 aromatic heterocycles. The maximum absolute atomic E-state index is 12.5. The predicted octanol–water partition coefficient (Wildman–Crippen LogP) is 2.28. The lowest BCUT2D eigenvalue weighted by atomic mass is 10.5. The highest BCUT2D eigenvalue weighted by atomic mass is 28.3. The first-order valence-electron chi connectivity index (χ1n) is 5.18. The average Bonchev–Trinajstić information content (AvgIpc) is 2.25. The van der Waals surface area contributed by atoms with Crippen molar-refractivity contribution in [2.45, 2.75) is 26.6 Å². The minimum Gasteiger partial charge on any atom is -0.244 e. The Kier molecular flexibility index (Phi) is 4.35. The van der Waals surface area contributed by atoms with E-state index in [1.165, 1.54) is 0 Å². The number of rotatable bonds is 2. The van der Waals surface area contributed by atoms with E-state index in [9.17, 15) is 4.39 Å². The Balaban J connectivity index is 2.64. The van der Waals surface area contributed by atoms with Gasteiger partial charge >= 0.3 is 0 Å². The van der Waals surface area contributed by atoms with Gasteiger partial charge in [0, 0.05) is 0 Å². The number of hydrogen-bond donors (Lipinski definition) is 1. The Morgan fingerprint density at radius 2 is 1.94 bits per heavy atom. The fourth-order valence-electron chi connectivity index (χ4n) is 0.810. The zero-order valence-electron chi connectivity index (χ0n) is 10.4. The standard InChI is InChI=1S/C11H15FN4Si/c1-9(5-6-17(2,3)4)15-16-11-13-7-10(12)8-14-11/h7-8H,1-4H3,(H,13,14,16). The van der Waals surface area contributed by atoms with Crippen molar-refractivity contribution in [2.75, 3.05) is 5.43 Å². The molecule has 0 aliphatic carbocycles. The van der Waals surface area contributed by atoms with Crippen LogP contribution in [0.3, 0.4) is 0 Å². The number of aromatic nitrogens is 2. The summed E-state index contributed by atoms with van der Waals surface area (Å²) in [5.41, 5.74) is 6.46. The highest BCUT2D eigenvalue weighted by molar-refractivity contribution is 6.84. The van der Waals surface area contributed by atoms with Gasteiger partial charge in [-0.15, -0.1) is 5.54 Å². The third-order valence-electron chi connectivity index (χ3n) is 1.56. The normalized spacial score (nSPS) is 11.7. The lowest BCUT2D eigenvalue weighted by molar-refractivity contribution is 0.614. The number of nitrogens with zero attached hydrogens (tertiary/aromatic N) is 3. The first kappa shape index (κ1) is 13.3. The number of nitrogens with one attached hydrogen (secondary N) is 1. The van der Waals surface area contributed by atoms with Gasteiger partial charge < -0.3 is 0 Å². The Hall–Kier alpha value is -1.74. The summed E-state index contributed by atoms with van der Waals surface area (Å²) in [5.74, 6) is 2.75. The first-order valence-corrected chi connectivity index (χ1v) is 8.68. The predicted molar refractivity (Wildman–Crippen MR) is 69.8 cm³/mol. The molecule has 0 aliphatic heterocycles. The van der Waals surface area contributed by atoms with Crippen LogP contribution in [0.25, 0.3) is 0 Å². The van der Waals surface area contributed by atoms with Crippen molar-refractivity contribution in [1.82, 2.24) is 9.97 Å². The molecule has 0 aliphatic rings. The molecule has 90 valence electrons. The van der Waals surface area contributed by atoms with E-state index >= 15 is 0 Å². The highest BCUT2D eigenvalue weighted by Gasteiger charge is 2.07. The number of hydrogen-bond acceptors (Lipinski definition) is 4. The summed E-state index contributed by atoms with van der Waals surface area (Å²) in [7, 11) is -1.39. The number of anilines is 1. The van der Waals surface area contributed by atoms with Gasteiger partial charge in [0.2, 0.25) is 5.95 Å². The van der Waals surface area contributed by atoms with Crippen molar-refractivity contribution in [3.63, 3.8) is 0 Å². The van der Waals surface area contributed by atoms with Crippen LogP contribution in [0.5, 0.6) is 0 Å². The van der Waals surface area contributed by atoms with Gasteiger partial charge in [-0.05, 0) is 6.92 Å². The molecule has 1 heterocycles. The molecule has 17 heavy (non-hydrogen) atoms. The van der Waals surface area contributed by atoms with Gasteiger partial charge in [0.05, 0.1) is 12.4 Å². The molecule has 1 aromatic rings. The van der Waals surface area contributed by atoms with Crippen LogP contribution < -0.4 is 5.43 Å². The molecular weight excluding hydrogens is 235 g/mol. The molecule has 1 rings (SSSR count). The Bertz CT molecular complexity index is 465. The molecule has 0 bridgehead atoms. The second-order valence-electron chi connectivity index (χ2n) is 4.53. The van der Waals surface area contributed by atoms with E-state index in [-0.39, 0.29) is 5.95 Å². The van der Waals surface area contributed by atoms with Crippen molar-refractivity contribution in [3.05, 3.63) is 18.2 Å². The maximum atomic E-state index is 12.5. The minimum atomic E-state index is -1.39. The van der Waals surface area contributed by atoms with Crippen LogP contribution in [0.1, 0.15) is 6.92 Å². The van der Waals surface area contributed by atoms with E-state index in [2.05, 4.69) is 51.6 Å². The van der Waals surface area contributed by atoms with Gasteiger partial charge in [-0.1, -0.05) is 25.6 Å². The van der Waals surface area contributed by atoms with E-state index in [0.29, 0.717) is 5.71 Å².